The van der Waals surface area contributed by atoms with Gasteiger partial charge in [0.2, 0.25) is 0 Å². The average molecular weight is 335 g/mol. The largest absolute Gasteiger partial charge is 0.593 e. The standard InChI is InChI=1S/C21H21NOS/c1-18(20-13-7-3-8-14-20)22(17-19-11-5-2-6-12-19)24(23)21-15-9-4-10-16-21/h2-16,18H,17H2,1H3/t18?,24-/m0/s1. The van der Waals surface area contributed by atoms with Crippen molar-refractivity contribution in [2.24, 2.45) is 0 Å². The topological polar surface area (TPSA) is 26.3 Å². The van der Waals surface area contributed by atoms with Crippen molar-refractivity contribution in [2.75, 3.05) is 0 Å². The van der Waals surface area contributed by atoms with E-state index in [1.807, 2.05) is 71.0 Å². The quantitative estimate of drug-likeness (QED) is 0.594. The van der Waals surface area contributed by atoms with Gasteiger partial charge in [0.05, 0.1) is 23.9 Å². The van der Waals surface area contributed by atoms with E-state index in [0.717, 1.165) is 16.0 Å². The lowest BCUT2D eigenvalue weighted by atomic mass is 10.1. The fourth-order valence-electron chi connectivity index (χ4n) is 2.67. The van der Waals surface area contributed by atoms with Crippen molar-refractivity contribution in [1.29, 1.82) is 0 Å². The molecular weight excluding hydrogens is 314 g/mol. The maximum absolute atomic E-state index is 13.2. The van der Waals surface area contributed by atoms with Gasteiger partial charge in [-0.05, 0) is 30.2 Å². The molecule has 2 nitrogen and oxygen atoms in total. The van der Waals surface area contributed by atoms with Gasteiger partial charge in [-0.2, -0.15) is 0 Å². The summed E-state index contributed by atoms with van der Waals surface area (Å²) in [5.41, 5.74) is 2.32. The molecule has 122 valence electrons. The van der Waals surface area contributed by atoms with Gasteiger partial charge in [0, 0.05) is 0 Å². The molecule has 0 fully saturated rings. The summed E-state index contributed by atoms with van der Waals surface area (Å²) >= 11 is -1.22. The van der Waals surface area contributed by atoms with Gasteiger partial charge in [0.1, 0.15) is 0 Å². The fraction of sp³-hybridized carbons (Fsp3) is 0.143. The van der Waals surface area contributed by atoms with E-state index in [0.29, 0.717) is 6.54 Å². The highest BCUT2D eigenvalue weighted by Crippen LogP contribution is 2.29. The third kappa shape index (κ3) is 4.06. The van der Waals surface area contributed by atoms with Crippen molar-refractivity contribution >= 4 is 11.4 Å². The van der Waals surface area contributed by atoms with Crippen LogP contribution >= 0.6 is 0 Å². The molecular formula is C21H21NOS. The minimum Gasteiger partial charge on any atom is -0.593 e. The highest BCUT2D eigenvalue weighted by molar-refractivity contribution is 7.89. The molecule has 24 heavy (non-hydrogen) atoms. The van der Waals surface area contributed by atoms with Gasteiger partial charge in [-0.25, -0.2) is 0 Å². The summed E-state index contributed by atoms with van der Waals surface area (Å²) in [4.78, 5) is 0.830. The molecule has 0 saturated carbocycles. The van der Waals surface area contributed by atoms with Crippen LogP contribution in [-0.2, 0) is 17.9 Å². The maximum Gasteiger partial charge on any atom is 0.174 e. The van der Waals surface area contributed by atoms with E-state index in [9.17, 15) is 4.55 Å². The summed E-state index contributed by atoms with van der Waals surface area (Å²) in [6, 6.07) is 30.1. The predicted molar refractivity (Wildman–Crippen MR) is 99.7 cm³/mol. The molecule has 0 amide bonds. The second kappa shape index (κ2) is 8.15. The number of nitrogens with zero attached hydrogens (tertiary/aromatic N) is 1. The van der Waals surface area contributed by atoms with Crippen LogP contribution in [0, 0.1) is 0 Å². The van der Waals surface area contributed by atoms with Gasteiger partial charge in [0.25, 0.3) is 0 Å². The SMILES string of the molecule is CC(c1ccccc1)N(Cc1ccccc1)[S@@+]([O-])c1ccccc1. The summed E-state index contributed by atoms with van der Waals surface area (Å²) in [5, 5.41) is 0. The Balaban J connectivity index is 1.91. The minimum atomic E-state index is -1.22. The molecule has 3 rings (SSSR count). The molecule has 0 radical (unpaired) electrons. The Labute approximate surface area is 147 Å². The van der Waals surface area contributed by atoms with Crippen LogP contribution in [-0.4, -0.2) is 8.86 Å². The van der Waals surface area contributed by atoms with Crippen molar-refractivity contribution in [3.8, 4) is 0 Å². The molecule has 3 aromatic carbocycles. The zero-order valence-corrected chi connectivity index (χ0v) is 14.5. The van der Waals surface area contributed by atoms with Crippen LogP contribution in [0.2, 0.25) is 0 Å². The summed E-state index contributed by atoms with van der Waals surface area (Å²) < 4.78 is 15.2. The Morgan fingerprint density at radius 2 is 1.29 bits per heavy atom. The minimum absolute atomic E-state index is 0.0486. The number of hydrogen-bond acceptors (Lipinski definition) is 2. The van der Waals surface area contributed by atoms with Crippen LogP contribution in [0.15, 0.2) is 95.9 Å². The molecule has 0 aliphatic heterocycles. The molecule has 0 N–H and O–H groups in total. The summed E-state index contributed by atoms with van der Waals surface area (Å²) in [6.07, 6.45) is 0. The molecule has 0 aliphatic carbocycles. The first-order valence-corrected chi connectivity index (χ1v) is 9.19. The molecule has 0 spiro atoms. The van der Waals surface area contributed by atoms with Gasteiger partial charge >= 0.3 is 0 Å². The summed E-state index contributed by atoms with van der Waals surface area (Å²) in [6.45, 7) is 2.75. The van der Waals surface area contributed by atoms with E-state index in [2.05, 4.69) is 31.2 Å². The first-order valence-electron chi connectivity index (χ1n) is 8.08. The molecule has 1 unspecified atom stereocenters. The third-order valence-corrected chi connectivity index (χ3v) is 5.60. The van der Waals surface area contributed by atoms with E-state index in [-0.39, 0.29) is 6.04 Å². The third-order valence-electron chi connectivity index (χ3n) is 4.05. The Bertz CT molecular complexity index is 688. The van der Waals surface area contributed by atoms with Crippen LogP contribution in [0.4, 0.5) is 0 Å². The average Bonchev–Trinajstić information content (AvgIpc) is 2.67. The number of benzene rings is 3. The van der Waals surface area contributed by atoms with E-state index < -0.39 is 11.4 Å². The predicted octanol–water partition coefficient (Wildman–Crippen LogP) is 4.97. The Hall–Kier alpha value is -2.07. The second-order valence-electron chi connectivity index (χ2n) is 5.71. The van der Waals surface area contributed by atoms with Crippen molar-refractivity contribution in [1.82, 2.24) is 4.31 Å². The van der Waals surface area contributed by atoms with Crippen LogP contribution in [0.3, 0.4) is 0 Å². The van der Waals surface area contributed by atoms with Gasteiger partial charge in [0.15, 0.2) is 4.90 Å². The Morgan fingerprint density at radius 1 is 0.792 bits per heavy atom. The molecule has 0 aromatic heterocycles. The van der Waals surface area contributed by atoms with Crippen molar-refractivity contribution < 1.29 is 4.55 Å². The highest BCUT2D eigenvalue weighted by Gasteiger charge is 2.29. The summed E-state index contributed by atoms with van der Waals surface area (Å²) in [5.74, 6) is 0. The van der Waals surface area contributed by atoms with E-state index in [4.69, 9.17) is 0 Å². The molecule has 0 bridgehead atoms. The van der Waals surface area contributed by atoms with Crippen molar-refractivity contribution in [3.05, 3.63) is 102 Å². The van der Waals surface area contributed by atoms with Crippen LogP contribution in [0.1, 0.15) is 24.1 Å². The fourth-order valence-corrected chi connectivity index (χ4v) is 4.01. The van der Waals surface area contributed by atoms with Gasteiger partial charge < -0.3 is 4.55 Å². The first-order chi connectivity index (χ1) is 11.8. The normalized spacial score (nSPS) is 13.6. The Kier molecular flexibility index (Phi) is 5.70. The van der Waals surface area contributed by atoms with Gasteiger partial charge in [-0.1, -0.05) is 78.9 Å². The smallest absolute Gasteiger partial charge is 0.174 e. The molecule has 2 atom stereocenters. The van der Waals surface area contributed by atoms with Gasteiger partial charge in [-0.3, -0.25) is 0 Å². The lowest BCUT2D eigenvalue weighted by molar-refractivity contribution is 0.336. The van der Waals surface area contributed by atoms with E-state index in [1.165, 1.54) is 0 Å². The Morgan fingerprint density at radius 3 is 1.88 bits per heavy atom. The molecule has 0 saturated heterocycles. The van der Waals surface area contributed by atoms with Crippen LogP contribution in [0.5, 0.6) is 0 Å². The molecule has 3 heteroatoms. The molecule has 3 aromatic rings. The monoisotopic (exact) mass is 335 g/mol. The lowest BCUT2D eigenvalue weighted by Crippen LogP contribution is -2.33. The van der Waals surface area contributed by atoms with Crippen molar-refractivity contribution in [3.63, 3.8) is 0 Å². The van der Waals surface area contributed by atoms with E-state index >= 15 is 0 Å². The number of hydrogen-bond donors (Lipinski definition) is 0. The molecule has 0 heterocycles. The highest BCUT2D eigenvalue weighted by atomic mass is 32.2. The zero-order chi connectivity index (χ0) is 16.8. The first kappa shape index (κ1) is 16.8. The maximum atomic E-state index is 13.2. The van der Waals surface area contributed by atoms with Gasteiger partial charge in [-0.15, -0.1) is 4.31 Å². The molecule has 0 aliphatic rings. The van der Waals surface area contributed by atoms with Crippen molar-refractivity contribution in [2.45, 2.75) is 24.4 Å². The van der Waals surface area contributed by atoms with Crippen LogP contribution < -0.4 is 0 Å². The summed E-state index contributed by atoms with van der Waals surface area (Å²) in [7, 11) is 0. The number of rotatable bonds is 6. The van der Waals surface area contributed by atoms with E-state index in [1.54, 1.807) is 0 Å². The van der Waals surface area contributed by atoms with Crippen LogP contribution in [0.25, 0.3) is 0 Å². The second-order valence-corrected chi connectivity index (χ2v) is 7.15. The lowest BCUT2D eigenvalue weighted by Gasteiger charge is -2.29. The zero-order valence-electron chi connectivity index (χ0n) is 13.7.